The molecule has 0 spiro atoms. The highest BCUT2D eigenvalue weighted by Crippen LogP contribution is 2.28. The summed E-state index contributed by atoms with van der Waals surface area (Å²) in [7, 11) is 1.67. The Morgan fingerprint density at radius 3 is 2.62 bits per heavy atom. The molecule has 0 amide bonds. The molecule has 0 saturated carbocycles. The number of hydrogen-bond acceptors (Lipinski definition) is 4. The Balaban J connectivity index is 0.00000300. The summed E-state index contributed by atoms with van der Waals surface area (Å²) in [4.78, 5) is 12.9. The summed E-state index contributed by atoms with van der Waals surface area (Å²) >= 11 is 0. The minimum atomic E-state index is -2.61. The van der Waals surface area contributed by atoms with E-state index in [4.69, 9.17) is 4.74 Å². The lowest BCUT2D eigenvalue weighted by molar-refractivity contribution is 0.0671. The Hall–Kier alpha value is -2.11. The van der Waals surface area contributed by atoms with Gasteiger partial charge in [0.2, 0.25) is 0 Å². The van der Waals surface area contributed by atoms with E-state index in [-0.39, 0.29) is 36.3 Å². The van der Waals surface area contributed by atoms with E-state index in [1.54, 1.807) is 7.11 Å². The first kappa shape index (κ1) is 23.2. The predicted molar refractivity (Wildman–Crippen MR) is 120 cm³/mol. The largest absolute Gasteiger partial charge is 0.495 e. The number of nitrogens with zero attached hydrogens (tertiary/aromatic N) is 5. The number of benzene rings is 1. The topological polar surface area (TPSA) is 57.9 Å². The number of guanidine groups is 1. The van der Waals surface area contributed by atoms with Crippen molar-refractivity contribution in [3.8, 4) is 5.75 Å². The molecule has 0 bridgehead atoms. The van der Waals surface area contributed by atoms with Crippen LogP contribution in [0.15, 0.2) is 41.7 Å². The number of methoxy groups -OCH3 is 1. The molecule has 2 heterocycles. The lowest BCUT2D eigenvalue weighted by Crippen LogP contribution is -2.52. The molecule has 1 aromatic heterocycles. The second-order valence-electron chi connectivity index (χ2n) is 6.34. The molecular weight excluding hydrogens is 493 g/mol. The van der Waals surface area contributed by atoms with Gasteiger partial charge in [0.15, 0.2) is 5.96 Å². The van der Waals surface area contributed by atoms with E-state index in [2.05, 4.69) is 31.2 Å². The average molecular weight is 520 g/mol. The molecule has 0 aliphatic carbocycles. The third-order valence-corrected chi connectivity index (χ3v) is 4.67. The average Bonchev–Trinajstić information content (AvgIpc) is 3.20. The molecule has 10 heteroatoms. The Labute approximate surface area is 186 Å². The van der Waals surface area contributed by atoms with Crippen molar-refractivity contribution >= 4 is 35.6 Å². The SMILES string of the molecule is CCNC(=NCc1nccn1C(F)F)N1CCN(c2ccccc2OC)CC1.I. The predicted octanol–water partition coefficient (Wildman–Crippen LogP) is 3.19. The first-order chi connectivity index (χ1) is 13.6. The Morgan fingerprint density at radius 2 is 1.97 bits per heavy atom. The lowest BCUT2D eigenvalue weighted by Gasteiger charge is -2.38. The van der Waals surface area contributed by atoms with Crippen molar-refractivity contribution < 1.29 is 13.5 Å². The lowest BCUT2D eigenvalue weighted by atomic mass is 10.2. The number of imidazole rings is 1. The van der Waals surface area contributed by atoms with Gasteiger partial charge in [0.05, 0.1) is 12.8 Å². The molecule has 1 aliphatic heterocycles. The molecule has 1 N–H and O–H groups in total. The quantitative estimate of drug-likeness (QED) is 0.361. The van der Waals surface area contributed by atoms with Crippen molar-refractivity contribution in [3.05, 3.63) is 42.5 Å². The summed E-state index contributed by atoms with van der Waals surface area (Å²) in [5, 5.41) is 3.25. The maximum Gasteiger partial charge on any atom is 0.319 e. The van der Waals surface area contributed by atoms with Gasteiger partial charge in [0, 0.05) is 45.1 Å². The van der Waals surface area contributed by atoms with Gasteiger partial charge < -0.3 is 19.9 Å². The summed E-state index contributed by atoms with van der Waals surface area (Å²) in [5.41, 5.74) is 1.07. The van der Waals surface area contributed by atoms with Gasteiger partial charge >= 0.3 is 6.55 Å². The Bertz CT molecular complexity index is 793. The molecule has 29 heavy (non-hydrogen) atoms. The van der Waals surface area contributed by atoms with Crippen LogP contribution in [-0.2, 0) is 6.54 Å². The third-order valence-electron chi connectivity index (χ3n) is 4.67. The van der Waals surface area contributed by atoms with Gasteiger partial charge in [-0.05, 0) is 19.1 Å². The number of alkyl halides is 2. The molecule has 1 saturated heterocycles. The maximum absolute atomic E-state index is 13.0. The normalized spacial score (nSPS) is 14.7. The monoisotopic (exact) mass is 520 g/mol. The highest BCUT2D eigenvalue weighted by atomic mass is 127. The number of hydrogen-bond donors (Lipinski definition) is 1. The standard InChI is InChI=1S/C19H26F2N6O.HI/c1-3-22-19(24-14-17-23-8-9-27(17)18(20)21)26-12-10-25(11-13-26)15-6-4-5-7-16(15)28-2;/h4-9,18H,3,10-14H2,1-2H3,(H,22,24);1H. The minimum Gasteiger partial charge on any atom is -0.495 e. The zero-order valence-electron chi connectivity index (χ0n) is 16.6. The van der Waals surface area contributed by atoms with Crippen LogP contribution in [0.5, 0.6) is 5.75 Å². The summed E-state index contributed by atoms with van der Waals surface area (Å²) in [6.45, 7) is 3.36. The summed E-state index contributed by atoms with van der Waals surface area (Å²) in [6, 6.07) is 7.97. The molecule has 1 fully saturated rings. The van der Waals surface area contributed by atoms with Crippen molar-refractivity contribution in [2.45, 2.75) is 20.0 Å². The van der Waals surface area contributed by atoms with E-state index < -0.39 is 6.55 Å². The Morgan fingerprint density at radius 1 is 1.24 bits per heavy atom. The maximum atomic E-state index is 13.0. The minimum absolute atomic E-state index is 0. The van der Waals surface area contributed by atoms with E-state index >= 15 is 0 Å². The van der Waals surface area contributed by atoms with Gasteiger partial charge in [0.25, 0.3) is 0 Å². The molecule has 2 aromatic rings. The van der Waals surface area contributed by atoms with Crippen LogP contribution in [0, 0.1) is 0 Å². The fourth-order valence-corrected chi connectivity index (χ4v) is 3.27. The molecule has 160 valence electrons. The van der Waals surface area contributed by atoms with Crippen molar-refractivity contribution in [2.75, 3.05) is 44.7 Å². The number of aromatic nitrogens is 2. The van der Waals surface area contributed by atoms with E-state index in [0.29, 0.717) is 12.5 Å². The second-order valence-corrected chi connectivity index (χ2v) is 6.34. The van der Waals surface area contributed by atoms with Crippen LogP contribution in [-0.4, -0.2) is 60.2 Å². The van der Waals surface area contributed by atoms with Gasteiger partial charge in [0.1, 0.15) is 18.1 Å². The molecule has 1 aliphatic rings. The van der Waals surface area contributed by atoms with Crippen molar-refractivity contribution in [1.82, 2.24) is 19.8 Å². The number of piperazine rings is 1. The first-order valence-corrected chi connectivity index (χ1v) is 9.35. The molecule has 7 nitrogen and oxygen atoms in total. The number of aliphatic imine (C=N–C) groups is 1. The van der Waals surface area contributed by atoms with Gasteiger partial charge in [-0.3, -0.25) is 4.57 Å². The van der Waals surface area contributed by atoms with Crippen LogP contribution in [0.25, 0.3) is 0 Å². The van der Waals surface area contributed by atoms with Crippen LogP contribution in [0.4, 0.5) is 14.5 Å². The molecule has 0 radical (unpaired) electrons. The molecule has 0 unspecified atom stereocenters. The fraction of sp³-hybridized carbons (Fsp3) is 0.474. The zero-order valence-corrected chi connectivity index (χ0v) is 18.9. The fourth-order valence-electron chi connectivity index (χ4n) is 3.27. The Kier molecular flexibility index (Phi) is 8.93. The summed E-state index contributed by atoms with van der Waals surface area (Å²) < 4.78 is 32.3. The molecule has 0 atom stereocenters. The van der Waals surface area contributed by atoms with Gasteiger partial charge in [-0.1, -0.05) is 12.1 Å². The summed E-state index contributed by atoms with van der Waals surface area (Å²) in [6.07, 6.45) is 2.64. The van der Waals surface area contributed by atoms with Gasteiger partial charge in [-0.15, -0.1) is 24.0 Å². The van der Waals surface area contributed by atoms with Crippen molar-refractivity contribution in [1.29, 1.82) is 0 Å². The number of anilines is 1. The number of rotatable bonds is 6. The number of nitrogens with one attached hydrogen (secondary N) is 1. The number of halogens is 3. The van der Waals surface area contributed by atoms with E-state index in [1.807, 2.05) is 25.1 Å². The highest BCUT2D eigenvalue weighted by Gasteiger charge is 2.22. The second kappa shape index (κ2) is 11.2. The number of ether oxygens (including phenoxy) is 1. The van der Waals surface area contributed by atoms with Crippen LogP contribution in [0.1, 0.15) is 19.3 Å². The van der Waals surface area contributed by atoms with E-state index in [9.17, 15) is 8.78 Å². The van der Waals surface area contributed by atoms with Crippen molar-refractivity contribution in [2.24, 2.45) is 4.99 Å². The zero-order chi connectivity index (χ0) is 19.9. The number of para-hydroxylation sites is 2. The van der Waals surface area contributed by atoms with Crippen LogP contribution < -0.4 is 15.0 Å². The van der Waals surface area contributed by atoms with Gasteiger partial charge in [-0.2, -0.15) is 8.78 Å². The third kappa shape index (κ3) is 5.71. The molecule has 1 aromatic carbocycles. The first-order valence-electron chi connectivity index (χ1n) is 9.35. The van der Waals surface area contributed by atoms with Crippen LogP contribution >= 0.6 is 24.0 Å². The molecule has 3 rings (SSSR count). The van der Waals surface area contributed by atoms with Crippen LogP contribution in [0.3, 0.4) is 0 Å². The highest BCUT2D eigenvalue weighted by molar-refractivity contribution is 14.0. The van der Waals surface area contributed by atoms with Crippen LogP contribution in [0.2, 0.25) is 0 Å². The van der Waals surface area contributed by atoms with E-state index in [0.717, 1.165) is 42.2 Å². The smallest absolute Gasteiger partial charge is 0.319 e. The summed E-state index contributed by atoms with van der Waals surface area (Å²) in [5.74, 6) is 1.82. The van der Waals surface area contributed by atoms with E-state index in [1.165, 1.54) is 12.4 Å². The van der Waals surface area contributed by atoms with Crippen molar-refractivity contribution in [3.63, 3.8) is 0 Å². The molecular formula is C19H27F2IN6O. The van der Waals surface area contributed by atoms with Gasteiger partial charge in [-0.25, -0.2) is 9.98 Å².